The average Bonchev–Trinajstić information content (AvgIpc) is 3.54. The molecular weight excluding hydrogens is 348 g/mol. The Bertz CT molecular complexity index is 678. The van der Waals surface area contributed by atoms with E-state index in [0.717, 1.165) is 25.7 Å². The molecule has 1 aromatic heterocycles. The zero-order chi connectivity index (χ0) is 19.2. The van der Waals surface area contributed by atoms with E-state index in [9.17, 15) is 14.4 Å². The highest BCUT2D eigenvalue weighted by molar-refractivity contribution is 5.92. The first-order valence-electron chi connectivity index (χ1n) is 9.61. The van der Waals surface area contributed by atoms with Crippen LogP contribution in [0.15, 0.2) is 18.6 Å². The van der Waals surface area contributed by atoms with E-state index in [0.29, 0.717) is 31.9 Å². The van der Waals surface area contributed by atoms with Crippen LogP contribution < -0.4 is 0 Å². The highest BCUT2D eigenvalue weighted by Crippen LogP contribution is 2.28. The number of carbonyl (C=O) groups is 3. The fourth-order valence-electron chi connectivity index (χ4n) is 3.42. The van der Waals surface area contributed by atoms with Crippen molar-refractivity contribution in [2.45, 2.75) is 45.1 Å². The van der Waals surface area contributed by atoms with Gasteiger partial charge in [0.25, 0.3) is 5.91 Å². The Balaban J connectivity index is 1.55. The molecule has 1 aromatic rings. The highest BCUT2D eigenvalue weighted by atomic mass is 16.5. The van der Waals surface area contributed by atoms with Crippen molar-refractivity contribution in [2.75, 3.05) is 26.2 Å². The molecule has 0 spiro atoms. The molecule has 8 heteroatoms. The number of hydrogen-bond donors (Lipinski definition) is 0. The van der Waals surface area contributed by atoms with Crippen LogP contribution in [0.1, 0.15) is 49.5 Å². The Kier molecular flexibility index (Phi) is 6.36. The lowest BCUT2D eigenvalue weighted by Crippen LogP contribution is -2.44. The van der Waals surface area contributed by atoms with Crippen LogP contribution in [0.3, 0.4) is 0 Å². The number of aromatic nitrogens is 2. The standard InChI is InChI=1S/C19H26N4O4/c1-2-27-19(26)14-4-3-10-22(13-14)17(24)7-11-23(15-5-6-15)18(25)16-12-20-8-9-21-16/h8-9,12,14-15H,2-7,10-11,13H2,1H3. The van der Waals surface area contributed by atoms with Crippen LogP contribution in [-0.2, 0) is 14.3 Å². The van der Waals surface area contributed by atoms with Gasteiger partial charge >= 0.3 is 5.97 Å². The van der Waals surface area contributed by atoms with Crippen LogP contribution in [0.5, 0.6) is 0 Å². The molecule has 146 valence electrons. The van der Waals surface area contributed by atoms with E-state index >= 15 is 0 Å². The summed E-state index contributed by atoms with van der Waals surface area (Å²) in [5, 5.41) is 0. The average molecular weight is 374 g/mol. The van der Waals surface area contributed by atoms with E-state index in [2.05, 4.69) is 9.97 Å². The largest absolute Gasteiger partial charge is 0.466 e. The summed E-state index contributed by atoms with van der Waals surface area (Å²) in [6.07, 6.45) is 8.17. The number of hydrogen-bond acceptors (Lipinski definition) is 6. The number of piperidine rings is 1. The lowest BCUT2D eigenvalue weighted by atomic mass is 9.98. The summed E-state index contributed by atoms with van der Waals surface area (Å²) >= 11 is 0. The summed E-state index contributed by atoms with van der Waals surface area (Å²) in [6.45, 7) is 3.54. The lowest BCUT2D eigenvalue weighted by Gasteiger charge is -2.32. The molecule has 2 amide bonds. The third-order valence-corrected chi connectivity index (χ3v) is 4.99. The van der Waals surface area contributed by atoms with Gasteiger partial charge in [0.05, 0.1) is 18.7 Å². The van der Waals surface area contributed by atoms with Crippen LogP contribution in [0, 0.1) is 5.92 Å². The Morgan fingerprint density at radius 1 is 1.26 bits per heavy atom. The molecule has 0 N–H and O–H groups in total. The normalized spacial score (nSPS) is 19.4. The number of esters is 1. The highest BCUT2D eigenvalue weighted by Gasteiger charge is 2.35. The zero-order valence-corrected chi connectivity index (χ0v) is 15.7. The molecule has 8 nitrogen and oxygen atoms in total. The molecule has 1 aliphatic carbocycles. The molecule has 1 atom stereocenters. The number of carbonyl (C=O) groups excluding carboxylic acids is 3. The van der Waals surface area contributed by atoms with Gasteiger partial charge in [0, 0.05) is 44.5 Å². The Hall–Kier alpha value is -2.51. The summed E-state index contributed by atoms with van der Waals surface area (Å²) in [6, 6.07) is 0.181. The summed E-state index contributed by atoms with van der Waals surface area (Å²) in [4.78, 5) is 48.7. The molecule has 1 aliphatic heterocycles. The summed E-state index contributed by atoms with van der Waals surface area (Å²) in [5.41, 5.74) is 0.303. The number of likely N-dealkylation sites (tertiary alicyclic amines) is 1. The van der Waals surface area contributed by atoms with Gasteiger partial charge in [-0.2, -0.15) is 0 Å². The lowest BCUT2D eigenvalue weighted by molar-refractivity contribution is -0.151. The summed E-state index contributed by atoms with van der Waals surface area (Å²) in [5.74, 6) is -0.682. The number of amides is 2. The van der Waals surface area contributed by atoms with Crippen molar-refractivity contribution >= 4 is 17.8 Å². The monoisotopic (exact) mass is 374 g/mol. The van der Waals surface area contributed by atoms with Crippen LogP contribution in [0.4, 0.5) is 0 Å². The fourth-order valence-corrected chi connectivity index (χ4v) is 3.42. The molecule has 3 rings (SSSR count). The molecule has 1 saturated heterocycles. The van der Waals surface area contributed by atoms with Gasteiger partial charge in [-0.05, 0) is 32.6 Å². The maximum Gasteiger partial charge on any atom is 0.310 e. The zero-order valence-electron chi connectivity index (χ0n) is 15.7. The molecule has 27 heavy (non-hydrogen) atoms. The second-order valence-corrected chi connectivity index (χ2v) is 7.00. The summed E-state index contributed by atoms with van der Waals surface area (Å²) in [7, 11) is 0. The Morgan fingerprint density at radius 2 is 2.07 bits per heavy atom. The smallest absolute Gasteiger partial charge is 0.310 e. The van der Waals surface area contributed by atoms with E-state index in [1.807, 2.05) is 0 Å². The number of ether oxygens (including phenoxy) is 1. The van der Waals surface area contributed by atoms with Crippen molar-refractivity contribution in [1.82, 2.24) is 19.8 Å². The number of nitrogens with zero attached hydrogens (tertiary/aromatic N) is 4. The van der Waals surface area contributed by atoms with Crippen molar-refractivity contribution in [3.05, 3.63) is 24.3 Å². The molecule has 0 bridgehead atoms. The minimum Gasteiger partial charge on any atom is -0.466 e. The number of rotatable bonds is 7. The van der Waals surface area contributed by atoms with Crippen LogP contribution in [-0.4, -0.2) is 69.8 Å². The third kappa shape index (κ3) is 5.02. The van der Waals surface area contributed by atoms with Gasteiger partial charge in [-0.25, -0.2) is 4.98 Å². The van der Waals surface area contributed by atoms with Crippen LogP contribution in [0.25, 0.3) is 0 Å². The van der Waals surface area contributed by atoms with Crippen molar-refractivity contribution in [1.29, 1.82) is 0 Å². The topological polar surface area (TPSA) is 92.7 Å². The minimum absolute atomic E-state index is 0.0263. The van der Waals surface area contributed by atoms with Gasteiger partial charge < -0.3 is 14.5 Å². The second-order valence-electron chi connectivity index (χ2n) is 7.00. The van der Waals surface area contributed by atoms with Gasteiger partial charge in [0.1, 0.15) is 5.69 Å². The quantitative estimate of drug-likeness (QED) is 0.668. The minimum atomic E-state index is -0.247. The first-order valence-corrected chi connectivity index (χ1v) is 9.61. The van der Waals surface area contributed by atoms with E-state index in [1.165, 1.54) is 18.6 Å². The predicted octanol–water partition coefficient (Wildman–Crippen LogP) is 1.27. The predicted molar refractivity (Wildman–Crippen MR) is 96.6 cm³/mol. The fraction of sp³-hybridized carbons (Fsp3) is 0.632. The molecule has 0 aromatic carbocycles. The van der Waals surface area contributed by atoms with Gasteiger partial charge in [0.2, 0.25) is 5.91 Å². The summed E-state index contributed by atoms with van der Waals surface area (Å²) < 4.78 is 5.09. The van der Waals surface area contributed by atoms with Crippen molar-refractivity contribution < 1.29 is 19.1 Å². The molecular formula is C19H26N4O4. The van der Waals surface area contributed by atoms with E-state index in [-0.39, 0.29) is 36.2 Å². The van der Waals surface area contributed by atoms with Gasteiger partial charge in [-0.15, -0.1) is 0 Å². The van der Waals surface area contributed by atoms with Gasteiger partial charge in [-0.1, -0.05) is 0 Å². The second kappa shape index (κ2) is 8.92. The maximum atomic E-state index is 12.7. The van der Waals surface area contributed by atoms with Gasteiger partial charge in [0.15, 0.2) is 0 Å². The molecule has 0 radical (unpaired) electrons. The van der Waals surface area contributed by atoms with Crippen LogP contribution >= 0.6 is 0 Å². The van der Waals surface area contributed by atoms with Crippen molar-refractivity contribution in [3.8, 4) is 0 Å². The first kappa shape index (κ1) is 19.3. The third-order valence-electron chi connectivity index (χ3n) is 4.99. The van der Waals surface area contributed by atoms with E-state index in [4.69, 9.17) is 4.74 Å². The molecule has 1 saturated carbocycles. The molecule has 2 fully saturated rings. The molecule has 2 aliphatic rings. The Labute approximate surface area is 158 Å². The first-order chi connectivity index (χ1) is 13.1. The Morgan fingerprint density at radius 3 is 2.74 bits per heavy atom. The van der Waals surface area contributed by atoms with E-state index in [1.54, 1.807) is 16.7 Å². The molecule has 1 unspecified atom stereocenters. The van der Waals surface area contributed by atoms with E-state index < -0.39 is 0 Å². The van der Waals surface area contributed by atoms with Gasteiger partial charge in [-0.3, -0.25) is 19.4 Å². The maximum absolute atomic E-state index is 12.7. The van der Waals surface area contributed by atoms with Crippen molar-refractivity contribution in [3.63, 3.8) is 0 Å². The van der Waals surface area contributed by atoms with Crippen LogP contribution in [0.2, 0.25) is 0 Å². The molecule has 2 heterocycles. The SMILES string of the molecule is CCOC(=O)C1CCCN(C(=O)CCN(C(=O)c2cnccn2)C2CC2)C1. The van der Waals surface area contributed by atoms with Crippen molar-refractivity contribution in [2.24, 2.45) is 5.92 Å².